The Morgan fingerprint density at radius 3 is 2.68 bits per heavy atom. The Morgan fingerprint density at radius 2 is 2.06 bits per heavy atom. The van der Waals surface area contributed by atoms with Gasteiger partial charge in [-0.3, -0.25) is 19.1 Å². The van der Waals surface area contributed by atoms with Crippen molar-refractivity contribution in [2.24, 2.45) is 15.9 Å². The van der Waals surface area contributed by atoms with E-state index < -0.39 is 57.2 Å². The smallest absolute Gasteiger partial charge is 0.418 e. The van der Waals surface area contributed by atoms with Crippen molar-refractivity contribution in [3.8, 4) is 5.75 Å². The van der Waals surface area contributed by atoms with Crippen LogP contribution in [0.2, 0.25) is 0 Å². The second-order valence-electron chi connectivity index (χ2n) is 12.7. The number of nitrogens with two attached hydrogens (primary N) is 2. The van der Waals surface area contributed by atoms with E-state index in [1.807, 2.05) is 6.07 Å². The number of amidine groups is 1. The summed E-state index contributed by atoms with van der Waals surface area (Å²) in [6.45, 7) is 4.70. The molecule has 2 amide bonds. The number of aliphatic hydroxyl groups is 1. The number of carbonyl (C=O) groups excluding carboxylic acids is 2. The molecule has 0 aliphatic carbocycles. The third-order valence-electron chi connectivity index (χ3n) is 8.78. The lowest BCUT2D eigenvalue weighted by molar-refractivity contribution is -0.218. The highest BCUT2D eigenvalue weighted by molar-refractivity contribution is 7.80. The first kappa shape index (κ1) is 36.9. The summed E-state index contributed by atoms with van der Waals surface area (Å²) < 4.78 is 41.8. The molecule has 272 valence electrons. The van der Waals surface area contributed by atoms with Gasteiger partial charge in [0.1, 0.15) is 23.3 Å². The van der Waals surface area contributed by atoms with Crippen LogP contribution in [0, 0.1) is 0 Å². The van der Waals surface area contributed by atoms with Gasteiger partial charge < -0.3 is 41.9 Å². The number of aliphatic hydroxyl groups excluding tert-OH is 1. The highest BCUT2D eigenvalue weighted by Gasteiger charge is 2.58. The number of hydrogen-bond donors (Lipinski definition) is 7. The minimum absolute atomic E-state index is 0.0120. The van der Waals surface area contributed by atoms with E-state index in [9.17, 15) is 33.0 Å². The van der Waals surface area contributed by atoms with Crippen molar-refractivity contribution in [1.29, 1.82) is 0 Å². The van der Waals surface area contributed by atoms with Gasteiger partial charge in [-0.1, -0.05) is 5.16 Å². The molecule has 5 atom stereocenters. The van der Waals surface area contributed by atoms with Crippen LogP contribution in [-0.4, -0.2) is 111 Å². The normalized spacial score (nSPS) is 25.1. The van der Waals surface area contributed by atoms with Gasteiger partial charge in [0.15, 0.2) is 16.9 Å². The van der Waals surface area contributed by atoms with Crippen molar-refractivity contribution in [3.05, 3.63) is 40.4 Å². The molecule has 9 N–H and O–H groups in total. The average molecular weight is 739 g/mol. The average Bonchev–Trinajstić information content (AvgIpc) is 3.50. The molecule has 0 saturated carbocycles. The Morgan fingerprint density at radius 1 is 1.32 bits per heavy atom. The SMILES string of the molecule is CC1(C)[C@H](NC(=O)/C(=N\O[C@](C)(C(=O)O)[C@H]2CCc3cc(C(N)=N[C@H]4CCN[C@H](CO)C4)ccc3O2)c2csc(N)n2)C(=O)N1OS(=O)(=O)O. The van der Waals surface area contributed by atoms with Crippen molar-refractivity contribution < 1.29 is 51.4 Å². The molecule has 21 heteroatoms. The van der Waals surface area contributed by atoms with E-state index in [-0.39, 0.29) is 35.9 Å². The predicted octanol–water partition coefficient (Wildman–Crippen LogP) is -0.659. The number of nitrogens with one attached hydrogen (secondary N) is 2. The zero-order chi connectivity index (χ0) is 36.6. The summed E-state index contributed by atoms with van der Waals surface area (Å²) in [5.41, 5.74) is 9.33. The second-order valence-corrected chi connectivity index (χ2v) is 14.6. The van der Waals surface area contributed by atoms with Gasteiger partial charge >= 0.3 is 16.4 Å². The van der Waals surface area contributed by atoms with Gasteiger partial charge in [-0.05, 0) is 76.8 Å². The van der Waals surface area contributed by atoms with Gasteiger partial charge in [-0.2, -0.15) is 13.5 Å². The van der Waals surface area contributed by atoms with Crippen molar-refractivity contribution in [3.63, 3.8) is 0 Å². The zero-order valence-electron chi connectivity index (χ0n) is 27.2. The number of nitrogen functional groups attached to an aromatic ring is 1. The Hall–Kier alpha value is -4.41. The number of carbonyl (C=O) groups is 3. The van der Waals surface area contributed by atoms with Gasteiger partial charge in [0.05, 0.1) is 18.2 Å². The van der Waals surface area contributed by atoms with Crippen molar-refractivity contribution in [2.45, 2.75) is 81.8 Å². The molecule has 2 aromatic rings. The number of benzene rings is 1. The first-order chi connectivity index (χ1) is 23.4. The quantitative estimate of drug-likeness (QED) is 0.0468. The van der Waals surface area contributed by atoms with Gasteiger partial charge in [-0.15, -0.1) is 15.6 Å². The number of hydroxylamine groups is 2. The number of aliphatic imine (C=N–C) groups is 1. The van der Waals surface area contributed by atoms with Crippen molar-refractivity contribution in [1.82, 2.24) is 20.7 Å². The lowest BCUT2D eigenvalue weighted by Gasteiger charge is -2.50. The minimum Gasteiger partial charge on any atom is -0.485 e. The largest absolute Gasteiger partial charge is 0.485 e. The number of anilines is 1. The number of oxime groups is 1. The van der Waals surface area contributed by atoms with Gasteiger partial charge in [0.2, 0.25) is 0 Å². The number of aliphatic carboxylic acids is 1. The molecule has 4 heterocycles. The number of ether oxygens (including phenoxy) is 1. The zero-order valence-corrected chi connectivity index (χ0v) is 28.9. The summed E-state index contributed by atoms with van der Waals surface area (Å²) in [4.78, 5) is 53.0. The van der Waals surface area contributed by atoms with Crippen LogP contribution in [0.5, 0.6) is 5.75 Å². The Bertz CT molecular complexity index is 1830. The number of nitrogens with zero attached hydrogens (tertiary/aromatic N) is 4. The lowest BCUT2D eigenvalue weighted by Crippen LogP contribution is -2.76. The highest BCUT2D eigenvalue weighted by Crippen LogP contribution is 2.35. The molecule has 2 saturated heterocycles. The first-order valence-corrected chi connectivity index (χ1v) is 17.7. The molecule has 1 aromatic carbocycles. The van der Waals surface area contributed by atoms with Crippen LogP contribution in [0.1, 0.15) is 56.9 Å². The summed E-state index contributed by atoms with van der Waals surface area (Å²) in [5, 5.41) is 31.1. The van der Waals surface area contributed by atoms with Crippen molar-refractivity contribution >= 4 is 56.2 Å². The number of piperidine rings is 1. The van der Waals surface area contributed by atoms with Crippen LogP contribution in [0.3, 0.4) is 0 Å². The number of carboxylic acids is 1. The molecule has 0 radical (unpaired) electrons. The lowest BCUT2D eigenvalue weighted by atomic mass is 9.84. The Labute approximate surface area is 290 Å². The number of fused-ring (bicyclic) bond motifs is 1. The number of thiazole rings is 1. The number of amides is 2. The molecule has 0 spiro atoms. The topological polar surface area (TPSA) is 291 Å². The summed E-state index contributed by atoms with van der Waals surface area (Å²) >= 11 is 0.959. The predicted molar refractivity (Wildman–Crippen MR) is 177 cm³/mol. The van der Waals surface area contributed by atoms with Crippen LogP contribution in [0.4, 0.5) is 5.13 Å². The van der Waals surface area contributed by atoms with Crippen LogP contribution < -0.4 is 26.8 Å². The fourth-order valence-corrected chi connectivity index (χ4v) is 6.84. The molecule has 3 aliphatic rings. The number of aryl methyl sites for hydroxylation is 1. The maximum atomic E-state index is 13.5. The van der Waals surface area contributed by atoms with E-state index >= 15 is 0 Å². The third kappa shape index (κ3) is 7.66. The van der Waals surface area contributed by atoms with Crippen LogP contribution in [0.15, 0.2) is 33.7 Å². The number of carboxylic acid groups (broad SMARTS) is 1. The maximum absolute atomic E-state index is 13.5. The molecule has 2 fully saturated rings. The Kier molecular flexibility index (Phi) is 10.4. The fourth-order valence-electron chi connectivity index (χ4n) is 5.84. The van der Waals surface area contributed by atoms with Crippen LogP contribution in [-0.2, 0) is 40.3 Å². The molecule has 3 aliphatic heterocycles. The second kappa shape index (κ2) is 14.1. The molecule has 19 nitrogen and oxygen atoms in total. The standard InChI is InChI=1S/C29H38N8O11S2/c1-28(2)22(25(40)37(28)48-50(43,44)45)35-24(39)21(18-13-49-27(31)34-18)36-47-29(3,26(41)42)20-7-5-14-10-15(4-6-19(14)46-20)23(30)33-16-8-9-32-17(11-16)12-38/h4,6,10,13,16-17,20,22,32,38H,5,7-9,11-12H2,1-3H3,(H2,30,33)(H2,31,34)(H,35,39)(H,41,42)(H,43,44,45)/b36-21-/t16-,17-,20+,22+,29-/m0/s1. The monoisotopic (exact) mass is 738 g/mol. The minimum atomic E-state index is -5.03. The fraction of sp³-hybridized carbons (Fsp3) is 0.517. The van der Waals surface area contributed by atoms with Gasteiger partial charge in [0.25, 0.3) is 17.4 Å². The van der Waals surface area contributed by atoms with E-state index in [0.717, 1.165) is 29.9 Å². The molecule has 0 unspecified atom stereocenters. The van der Waals surface area contributed by atoms with E-state index in [4.69, 9.17) is 25.6 Å². The summed E-state index contributed by atoms with van der Waals surface area (Å²) in [5.74, 6) is -2.74. The van der Waals surface area contributed by atoms with Crippen LogP contribution >= 0.6 is 11.3 Å². The molecule has 50 heavy (non-hydrogen) atoms. The third-order valence-corrected chi connectivity index (χ3v) is 9.79. The van der Waals surface area contributed by atoms with Gasteiger partial charge in [-0.25, -0.2) is 9.78 Å². The first-order valence-electron chi connectivity index (χ1n) is 15.4. The number of hydrogen-bond acceptors (Lipinski definition) is 15. The summed E-state index contributed by atoms with van der Waals surface area (Å²) in [7, 11) is -5.03. The number of aromatic nitrogens is 1. The molecule has 1 aromatic heterocycles. The van der Waals surface area contributed by atoms with Crippen molar-refractivity contribution in [2.75, 3.05) is 18.9 Å². The van der Waals surface area contributed by atoms with Crippen LogP contribution in [0.25, 0.3) is 0 Å². The number of β-lactam (4-membered cyclic amide) rings is 1. The Balaban J connectivity index is 1.34. The number of rotatable bonds is 12. The van der Waals surface area contributed by atoms with Gasteiger partial charge in [0, 0.05) is 17.0 Å². The summed E-state index contributed by atoms with van der Waals surface area (Å²) in [6.07, 6.45) is 0.917. The molecule has 5 rings (SSSR count). The van der Waals surface area contributed by atoms with E-state index in [2.05, 4.69) is 30.0 Å². The van der Waals surface area contributed by atoms with E-state index in [1.54, 1.807) is 12.1 Å². The molecule has 0 bridgehead atoms. The summed E-state index contributed by atoms with van der Waals surface area (Å²) in [6, 6.07) is 3.77. The molecular weight excluding hydrogens is 700 g/mol. The maximum Gasteiger partial charge on any atom is 0.418 e. The highest BCUT2D eigenvalue weighted by atomic mass is 32.3. The van der Waals surface area contributed by atoms with E-state index in [1.165, 1.54) is 26.2 Å². The molecular formula is C29H38N8O11S2. The van der Waals surface area contributed by atoms with E-state index in [0.29, 0.717) is 35.1 Å².